The van der Waals surface area contributed by atoms with Gasteiger partial charge in [0.15, 0.2) is 0 Å². The minimum atomic E-state index is -0.266. The van der Waals surface area contributed by atoms with E-state index in [1.807, 2.05) is 43.0 Å². The van der Waals surface area contributed by atoms with Crippen LogP contribution in [0.5, 0.6) is 0 Å². The molecule has 0 saturated heterocycles. The predicted octanol–water partition coefficient (Wildman–Crippen LogP) is 6.10. The van der Waals surface area contributed by atoms with Gasteiger partial charge in [-0.3, -0.25) is 0 Å². The lowest BCUT2D eigenvalue weighted by Crippen LogP contribution is -2.03. The van der Waals surface area contributed by atoms with Crippen molar-refractivity contribution in [3.05, 3.63) is 64.7 Å². The zero-order chi connectivity index (χ0) is 18.5. The fourth-order valence-electron chi connectivity index (χ4n) is 3.14. The van der Waals surface area contributed by atoms with Crippen molar-refractivity contribution in [2.24, 2.45) is 5.92 Å². The van der Waals surface area contributed by atoms with Gasteiger partial charge in [-0.15, -0.1) is 11.8 Å². The molecule has 3 rings (SSSR count). The molecule has 0 bridgehead atoms. The van der Waals surface area contributed by atoms with Crippen molar-refractivity contribution in [2.75, 3.05) is 12.4 Å². The van der Waals surface area contributed by atoms with Gasteiger partial charge in [-0.05, 0) is 73.1 Å². The van der Waals surface area contributed by atoms with E-state index in [0.29, 0.717) is 12.2 Å². The first-order valence-corrected chi connectivity index (χ1v) is 10.3. The van der Waals surface area contributed by atoms with Crippen molar-refractivity contribution >= 4 is 29.4 Å². The van der Waals surface area contributed by atoms with E-state index in [0.717, 1.165) is 11.5 Å². The summed E-state index contributed by atoms with van der Waals surface area (Å²) < 4.78 is 5.03. The summed E-state index contributed by atoms with van der Waals surface area (Å²) in [6.07, 6.45) is 4.60. The summed E-state index contributed by atoms with van der Waals surface area (Å²) in [4.78, 5) is 13.2. The smallest absolute Gasteiger partial charge is 0.338 e. The summed E-state index contributed by atoms with van der Waals surface area (Å²) in [5.41, 5.74) is 5.67. The molecule has 0 N–H and O–H groups in total. The molecule has 0 aromatic heterocycles. The minimum absolute atomic E-state index is 0.266. The largest absolute Gasteiger partial charge is 0.462 e. The fraction of sp³-hybridized carbons (Fsp3) is 0.348. The lowest BCUT2D eigenvalue weighted by Gasteiger charge is -2.09. The van der Waals surface area contributed by atoms with Crippen LogP contribution in [0, 0.1) is 5.92 Å². The summed E-state index contributed by atoms with van der Waals surface area (Å²) >= 11 is 1.99. The van der Waals surface area contributed by atoms with Crippen LogP contribution in [0.2, 0.25) is 0 Å². The van der Waals surface area contributed by atoms with Crippen LogP contribution < -0.4 is 0 Å². The highest BCUT2D eigenvalue weighted by Crippen LogP contribution is 2.33. The Morgan fingerprint density at radius 3 is 2.65 bits per heavy atom. The molecule has 26 heavy (non-hydrogen) atoms. The molecular formula is C23H26O2S. The number of fused-ring (bicyclic) bond motifs is 1. The third-order valence-corrected chi connectivity index (χ3v) is 6.20. The van der Waals surface area contributed by atoms with Crippen molar-refractivity contribution in [1.29, 1.82) is 0 Å². The summed E-state index contributed by atoms with van der Waals surface area (Å²) in [6.45, 7) is 6.70. The van der Waals surface area contributed by atoms with Gasteiger partial charge in [0, 0.05) is 10.6 Å². The molecule has 1 heterocycles. The van der Waals surface area contributed by atoms with Gasteiger partial charge < -0.3 is 4.74 Å². The number of hydrogen-bond acceptors (Lipinski definition) is 3. The molecule has 0 radical (unpaired) electrons. The maximum atomic E-state index is 11.7. The summed E-state index contributed by atoms with van der Waals surface area (Å²) in [5.74, 6) is 1.73. The number of thioether (sulfide) groups is 1. The van der Waals surface area contributed by atoms with Crippen LogP contribution in [-0.2, 0) is 11.2 Å². The molecule has 0 saturated carbocycles. The molecule has 0 spiro atoms. The second kappa shape index (κ2) is 8.59. The second-order valence-electron chi connectivity index (χ2n) is 6.95. The molecule has 3 heteroatoms. The predicted molar refractivity (Wildman–Crippen MR) is 111 cm³/mol. The number of hydrogen-bond donors (Lipinski definition) is 0. The summed E-state index contributed by atoms with van der Waals surface area (Å²) in [5, 5.41) is 0. The first kappa shape index (κ1) is 18.8. The van der Waals surface area contributed by atoms with Crippen molar-refractivity contribution in [3.8, 4) is 0 Å². The van der Waals surface area contributed by atoms with Gasteiger partial charge in [0.05, 0.1) is 12.2 Å². The van der Waals surface area contributed by atoms with Crippen LogP contribution in [0.3, 0.4) is 0 Å². The minimum Gasteiger partial charge on any atom is -0.462 e. The average molecular weight is 367 g/mol. The van der Waals surface area contributed by atoms with Crippen molar-refractivity contribution < 1.29 is 9.53 Å². The third kappa shape index (κ3) is 4.59. The molecule has 2 aromatic rings. The van der Waals surface area contributed by atoms with Crippen molar-refractivity contribution in [1.82, 2.24) is 0 Å². The van der Waals surface area contributed by atoms with Crippen LogP contribution >= 0.6 is 11.8 Å². The SMILES string of the molecule is CCOC(=O)c1ccc(/C=C(\C)c2ccc3c(c2)CCC(C)CS3)cc1. The average Bonchev–Trinajstić information content (AvgIpc) is 2.84. The quantitative estimate of drug-likeness (QED) is 0.483. The van der Waals surface area contributed by atoms with Crippen molar-refractivity contribution in [2.45, 2.75) is 38.5 Å². The third-order valence-electron chi connectivity index (χ3n) is 4.75. The van der Waals surface area contributed by atoms with E-state index in [2.05, 4.69) is 38.1 Å². The van der Waals surface area contributed by atoms with Crippen molar-refractivity contribution in [3.63, 3.8) is 0 Å². The Hall–Kier alpha value is -2.00. The van der Waals surface area contributed by atoms with E-state index >= 15 is 0 Å². The van der Waals surface area contributed by atoms with Gasteiger partial charge in [0.2, 0.25) is 0 Å². The molecule has 0 fully saturated rings. The molecule has 2 aromatic carbocycles. The molecule has 136 valence electrons. The summed E-state index contributed by atoms with van der Waals surface area (Å²) in [6, 6.07) is 14.4. The zero-order valence-corrected chi connectivity index (χ0v) is 16.6. The molecule has 0 amide bonds. The number of esters is 1. The number of aryl methyl sites for hydroxylation is 1. The van der Waals surface area contributed by atoms with Gasteiger partial charge in [0.25, 0.3) is 0 Å². The van der Waals surface area contributed by atoms with Crippen LogP contribution in [0.1, 0.15) is 54.2 Å². The lowest BCUT2D eigenvalue weighted by molar-refractivity contribution is 0.0526. The van der Waals surface area contributed by atoms with Gasteiger partial charge in [0.1, 0.15) is 0 Å². The van der Waals surface area contributed by atoms with E-state index in [9.17, 15) is 4.79 Å². The fourth-order valence-corrected chi connectivity index (χ4v) is 4.28. The van der Waals surface area contributed by atoms with Gasteiger partial charge in [-0.25, -0.2) is 4.79 Å². The Morgan fingerprint density at radius 1 is 1.19 bits per heavy atom. The van der Waals surface area contributed by atoms with Crippen LogP contribution in [-0.4, -0.2) is 18.3 Å². The number of carbonyl (C=O) groups is 1. The summed E-state index contributed by atoms with van der Waals surface area (Å²) in [7, 11) is 0. The first-order chi connectivity index (χ1) is 12.6. The number of carbonyl (C=O) groups excluding carboxylic acids is 1. The molecular weight excluding hydrogens is 340 g/mol. The highest BCUT2D eigenvalue weighted by molar-refractivity contribution is 7.99. The Labute approximate surface area is 160 Å². The number of rotatable bonds is 4. The molecule has 0 aliphatic carbocycles. The molecule has 2 nitrogen and oxygen atoms in total. The molecule has 1 aliphatic rings. The van der Waals surface area contributed by atoms with Gasteiger partial charge in [-0.1, -0.05) is 37.3 Å². The molecule has 1 unspecified atom stereocenters. The second-order valence-corrected chi connectivity index (χ2v) is 8.01. The Morgan fingerprint density at radius 2 is 1.92 bits per heavy atom. The van der Waals surface area contributed by atoms with Gasteiger partial charge >= 0.3 is 5.97 Å². The topological polar surface area (TPSA) is 26.3 Å². The Bertz CT molecular complexity index is 805. The van der Waals surface area contributed by atoms with E-state index in [1.165, 1.54) is 40.2 Å². The van der Waals surface area contributed by atoms with E-state index in [-0.39, 0.29) is 5.97 Å². The van der Waals surface area contributed by atoms with Crippen LogP contribution in [0.15, 0.2) is 47.4 Å². The van der Waals surface area contributed by atoms with Crippen LogP contribution in [0.4, 0.5) is 0 Å². The van der Waals surface area contributed by atoms with Crippen LogP contribution in [0.25, 0.3) is 11.6 Å². The Kier molecular flexibility index (Phi) is 6.20. The maximum Gasteiger partial charge on any atom is 0.338 e. The Balaban J connectivity index is 1.78. The normalized spacial score (nSPS) is 17.3. The van der Waals surface area contributed by atoms with E-state index < -0.39 is 0 Å². The van der Waals surface area contributed by atoms with E-state index in [1.54, 1.807) is 0 Å². The highest BCUT2D eigenvalue weighted by atomic mass is 32.2. The number of allylic oxidation sites excluding steroid dienone is 1. The number of ether oxygens (including phenoxy) is 1. The zero-order valence-electron chi connectivity index (χ0n) is 15.7. The molecule has 1 atom stereocenters. The maximum absolute atomic E-state index is 11.7. The monoisotopic (exact) mass is 366 g/mol. The molecule has 1 aliphatic heterocycles. The highest BCUT2D eigenvalue weighted by Gasteiger charge is 2.14. The number of benzene rings is 2. The van der Waals surface area contributed by atoms with Gasteiger partial charge in [-0.2, -0.15) is 0 Å². The lowest BCUT2D eigenvalue weighted by atomic mass is 9.98. The first-order valence-electron chi connectivity index (χ1n) is 9.28. The van der Waals surface area contributed by atoms with E-state index in [4.69, 9.17) is 4.74 Å². The standard InChI is InChI=1S/C23H26O2S/c1-4-25-23(24)19-9-6-18(7-10-19)13-17(3)20-11-12-22-21(14-20)8-5-16(2)15-26-22/h6-7,9-14,16H,4-5,8,15H2,1-3H3/b17-13+.